The van der Waals surface area contributed by atoms with Crippen LogP contribution in [-0.4, -0.2) is 49.6 Å². The van der Waals surface area contributed by atoms with E-state index in [1.54, 1.807) is 19.2 Å². The standard InChI is InChI=1S/C22H24F3N3O3/c1-31-19-8-10-28(11-9-19)14-20(29)26-17-6-2-4-15(12-17)21(30)27-18-7-3-5-16(13-18)22(23,24)25/h2-7,12-13,19H,8-11,14H2,1H3,(H,26,29)(H,27,30). The van der Waals surface area contributed by atoms with Crippen LogP contribution >= 0.6 is 0 Å². The number of ether oxygens (including phenoxy) is 1. The lowest BCUT2D eigenvalue weighted by molar-refractivity contribution is -0.137. The molecule has 0 aliphatic carbocycles. The van der Waals surface area contributed by atoms with Gasteiger partial charge in [-0.25, -0.2) is 0 Å². The predicted octanol–water partition coefficient (Wildman–Crippen LogP) is 4.01. The normalized spacial score (nSPS) is 15.5. The van der Waals surface area contributed by atoms with Gasteiger partial charge in [-0.2, -0.15) is 13.2 Å². The summed E-state index contributed by atoms with van der Waals surface area (Å²) in [6, 6.07) is 10.7. The van der Waals surface area contributed by atoms with Crippen LogP contribution in [0.4, 0.5) is 24.5 Å². The van der Waals surface area contributed by atoms with Crippen molar-refractivity contribution in [2.75, 3.05) is 37.4 Å². The summed E-state index contributed by atoms with van der Waals surface area (Å²) in [6.45, 7) is 1.77. The molecule has 2 aromatic rings. The van der Waals surface area contributed by atoms with Gasteiger partial charge in [0.25, 0.3) is 5.91 Å². The average Bonchev–Trinajstić information content (AvgIpc) is 2.74. The molecule has 1 fully saturated rings. The highest BCUT2D eigenvalue weighted by molar-refractivity contribution is 6.05. The van der Waals surface area contributed by atoms with Crippen molar-refractivity contribution >= 4 is 23.2 Å². The number of hydrogen-bond donors (Lipinski definition) is 2. The van der Waals surface area contributed by atoms with Gasteiger partial charge in [-0.05, 0) is 49.2 Å². The zero-order valence-electron chi connectivity index (χ0n) is 17.0. The van der Waals surface area contributed by atoms with Gasteiger partial charge in [-0.1, -0.05) is 12.1 Å². The van der Waals surface area contributed by atoms with Crippen LogP contribution in [0.3, 0.4) is 0 Å². The number of carbonyl (C=O) groups excluding carboxylic acids is 2. The first-order chi connectivity index (χ1) is 14.7. The van der Waals surface area contributed by atoms with Gasteiger partial charge in [-0.15, -0.1) is 0 Å². The molecule has 9 heteroatoms. The van der Waals surface area contributed by atoms with Gasteiger partial charge in [0.05, 0.1) is 18.2 Å². The third-order valence-electron chi connectivity index (χ3n) is 5.09. The summed E-state index contributed by atoms with van der Waals surface area (Å²) < 4.78 is 43.9. The molecule has 166 valence electrons. The maximum atomic E-state index is 12.8. The molecule has 1 aliphatic rings. The molecular formula is C22H24F3N3O3. The lowest BCUT2D eigenvalue weighted by Crippen LogP contribution is -2.41. The van der Waals surface area contributed by atoms with Gasteiger partial charge in [-0.3, -0.25) is 14.5 Å². The van der Waals surface area contributed by atoms with E-state index in [1.165, 1.54) is 24.3 Å². The van der Waals surface area contributed by atoms with Crippen molar-refractivity contribution in [3.63, 3.8) is 0 Å². The topological polar surface area (TPSA) is 70.7 Å². The van der Waals surface area contributed by atoms with Crippen molar-refractivity contribution in [2.45, 2.75) is 25.1 Å². The SMILES string of the molecule is COC1CCN(CC(=O)Nc2cccc(C(=O)Nc3cccc(C(F)(F)F)c3)c2)CC1. The second-order valence-electron chi connectivity index (χ2n) is 7.37. The molecule has 0 atom stereocenters. The van der Waals surface area contributed by atoms with E-state index in [9.17, 15) is 22.8 Å². The summed E-state index contributed by atoms with van der Waals surface area (Å²) in [6.07, 6.45) is -2.53. The molecule has 0 bridgehead atoms. The molecule has 0 spiro atoms. The van der Waals surface area contributed by atoms with E-state index in [4.69, 9.17) is 4.74 Å². The molecule has 3 rings (SSSR count). The monoisotopic (exact) mass is 435 g/mol. The molecule has 2 amide bonds. The fourth-order valence-electron chi connectivity index (χ4n) is 3.42. The van der Waals surface area contributed by atoms with E-state index in [1.807, 2.05) is 4.90 Å². The highest BCUT2D eigenvalue weighted by Crippen LogP contribution is 2.30. The summed E-state index contributed by atoms with van der Waals surface area (Å²) in [5.41, 5.74) is -0.154. The Morgan fingerprint density at radius 3 is 2.32 bits per heavy atom. The minimum Gasteiger partial charge on any atom is -0.381 e. The van der Waals surface area contributed by atoms with E-state index in [0.29, 0.717) is 5.69 Å². The summed E-state index contributed by atoms with van der Waals surface area (Å²) in [4.78, 5) is 26.8. The number of halogens is 3. The number of nitrogens with zero attached hydrogens (tertiary/aromatic N) is 1. The summed E-state index contributed by atoms with van der Waals surface area (Å²) >= 11 is 0. The molecule has 0 aromatic heterocycles. The Hall–Kier alpha value is -2.91. The number of likely N-dealkylation sites (tertiary alicyclic amines) is 1. The second-order valence-corrected chi connectivity index (χ2v) is 7.37. The summed E-state index contributed by atoms with van der Waals surface area (Å²) in [7, 11) is 1.68. The minimum atomic E-state index is -4.50. The van der Waals surface area contributed by atoms with Crippen molar-refractivity contribution in [1.82, 2.24) is 4.90 Å². The minimum absolute atomic E-state index is 0.0359. The third kappa shape index (κ3) is 6.53. The Labute approximate surface area is 178 Å². The first-order valence-corrected chi connectivity index (χ1v) is 9.88. The molecule has 1 heterocycles. The fraction of sp³-hybridized carbons (Fsp3) is 0.364. The van der Waals surface area contributed by atoms with Crippen LogP contribution in [0.25, 0.3) is 0 Å². The van der Waals surface area contributed by atoms with Gasteiger partial charge in [0.2, 0.25) is 5.91 Å². The van der Waals surface area contributed by atoms with Crippen LogP contribution < -0.4 is 10.6 Å². The molecular weight excluding hydrogens is 411 g/mol. The molecule has 2 aromatic carbocycles. The number of hydrogen-bond acceptors (Lipinski definition) is 4. The quantitative estimate of drug-likeness (QED) is 0.720. The Kier molecular flexibility index (Phi) is 7.29. The number of carbonyl (C=O) groups is 2. The molecule has 0 saturated carbocycles. The largest absolute Gasteiger partial charge is 0.416 e. The van der Waals surface area contributed by atoms with Crippen LogP contribution in [-0.2, 0) is 15.7 Å². The number of anilines is 2. The number of methoxy groups -OCH3 is 1. The van der Waals surface area contributed by atoms with Crippen molar-refractivity contribution in [1.29, 1.82) is 0 Å². The first kappa shape index (κ1) is 22.8. The van der Waals surface area contributed by atoms with Crippen molar-refractivity contribution in [3.05, 3.63) is 59.7 Å². The Bertz CT molecular complexity index is 925. The van der Waals surface area contributed by atoms with E-state index >= 15 is 0 Å². The van der Waals surface area contributed by atoms with Gasteiger partial charge >= 0.3 is 6.18 Å². The van der Waals surface area contributed by atoms with Gasteiger partial charge in [0.15, 0.2) is 0 Å². The number of rotatable bonds is 6. The number of benzene rings is 2. The lowest BCUT2D eigenvalue weighted by Gasteiger charge is -2.30. The molecule has 0 radical (unpaired) electrons. The van der Waals surface area contributed by atoms with E-state index < -0.39 is 17.6 Å². The number of alkyl halides is 3. The van der Waals surface area contributed by atoms with Crippen molar-refractivity contribution in [3.8, 4) is 0 Å². The Morgan fingerprint density at radius 2 is 1.68 bits per heavy atom. The third-order valence-corrected chi connectivity index (χ3v) is 5.09. The predicted molar refractivity (Wildman–Crippen MR) is 111 cm³/mol. The fourth-order valence-corrected chi connectivity index (χ4v) is 3.42. The zero-order chi connectivity index (χ0) is 22.4. The smallest absolute Gasteiger partial charge is 0.381 e. The van der Waals surface area contributed by atoms with Crippen molar-refractivity contribution in [2.24, 2.45) is 0 Å². The molecule has 0 unspecified atom stereocenters. The van der Waals surface area contributed by atoms with Gasteiger partial charge in [0.1, 0.15) is 0 Å². The van der Waals surface area contributed by atoms with Crippen LogP contribution in [0.15, 0.2) is 48.5 Å². The van der Waals surface area contributed by atoms with E-state index in [-0.39, 0.29) is 29.8 Å². The van der Waals surface area contributed by atoms with Gasteiger partial charge in [0, 0.05) is 37.1 Å². The van der Waals surface area contributed by atoms with E-state index in [2.05, 4.69) is 10.6 Å². The molecule has 2 N–H and O–H groups in total. The maximum Gasteiger partial charge on any atom is 0.416 e. The van der Waals surface area contributed by atoms with Crippen LogP contribution in [0.2, 0.25) is 0 Å². The number of amides is 2. The second kappa shape index (κ2) is 9.93. The van der Waals surface area contributed by atoms with E-state index in [0.717, 1.165) is 38.1 Å². The first-order valence-electron chi connectivity index (χ1n) is 9.88. The highest BCUT2D eigenvalue weighted by Gasteiger charge is 2.30. The molecule has 6 nitrogen and oxygen atoms in total. The number of piperidine rings is 1. The molecule has 31 heavy (non-hydrogen) atoms. The molecule has 1 saturated heterocycles. The maximum absolute atomic E-state index is 12.8. The zero-order valence-corrected chi connectivity index (χ0v) is 17.0. The van der Waals surface area contributed by atoms with Crippen LogP contribution in [0, 0.1) is 0 Å². The summed E-state index contributed by atoms with van der Waals surface area (Å²) in [5, 5.41) is 5.22. The average molecular weight is 435 g/mol. The van der Waals surface area contributed by atoms with Crippen LogP contribution in [0.1, 0.15) is 28.8 Å². The molecule has 1 aliphatic heterocycles. The Balaban J connectivity index is 1.58. The lowest BCUT2D eigenvalue weighted by atomic mass is 10.1. The Morgan fingerprint density at radius 1 is 1.03 bits per heavy atom. The number of nitrogens with one attached hydrogen (secondary N) is 2. The van der Waals surface area contributed by atoms with Gasteiger partial charge < -0.3 is 15.4 Å². The summed E-state index contributed by atoms with van der Waals surface area (Å²) in [5.74, 6) is -0.775. The van der Waals surface area contributed by atoms with Crippen LogP contribution in [0.5, 0.6) is 0 Å². The highest BCUT2D eigenvalue weighted by atomic mass is 19.4. The van der Waals surface area contributed by atoms with Crippen molar-refractivity contribution < 1.29 is 27.5 Å².